The van der Waals surface area contributed by atoms with Gasteiger partial charge in [-0.1, -0.05) is 86.7 Å². The smallest absolute Gasteiger partial charge is 0.102 e. The van der Waals surface area contributed by atoms with Crippen LogP contribution in [0.15, 0.2) is 66.8 Å². The van der Waals surface area contributed by atoms with Crippen molar-refractivity contribution < 1.29 is 9.84 Å². The lowest BCUT2D eigenvalue weighted by Gasteiger charge is -2.28. The zero-order chi connectivity index (χ0) is 17.4. The van der Waals surface area contributed by atoms with Gasteiger partial charge in [-0.2, -0.15) is 0 Å². The van der Waals surface area contributed by atoms with Crippen LogP contribution < -0.4 is 0 Å². The minimum absolute atomic E-state index is 0.246. The van der Waals surface area contributed by atoms with Crippen LogP contribution in [-0.4, -0.2) is 5.11 Å². The van der Waals surface area contributed by atoms with E-state index in [0.717, 1.165) is 11.1 Å². The highest BCUT2D eigenvalue weighted by Crippen LogP contribution is 2.45. The molecule has 128 valence electrons. The van der Waals surface area contributed by atoms with Crippen molar-refractivity contribution in [3.05, 3.63) is 89.0 Å². The minimum Gasteiger partial charge on any atom is -0.388 e. The topological polar surface area (TPSA) is 29.5 Å². The fourth-order valence-corrected chi connectivity index (χ4v) is 3.88. The van der Waals surface area contributed by atoms with Crippen LogP contribution in [-0.2, 0) is 4.74 Å². The van der Waals surface area contributed by atoms with E-state index in [1.165, 1.54) is 11.1 Å². The maximum Gasteiger partial charge on any atom is 0.102 e. The quantitative estimate of drug-likeness (QED) is 0.710. The van der Waals surface area contributed by atoms with Gasteiger partial charge in [-0.3, -0.25) is 0 Å². The van der Waals surface area contributed by atoms with Crippen molar-refractivity contribution >= 4 is 6.08 Å². The van der Waals surface area contributed by atoms with Gasteiger partial charge in [-0.25, -0.2) is 0 Å². The first-order chi connectivity index (χ1) is 12.1. The molecule has 2 heteroatoms. The van der Waals surface area contributed by atoms with Crippen LogP contribution in [0, 0.1) is 11.8 Å². The van der Waals surface area contributed by atoms with E-state index in [9.17, 15) is 5.11 Å². The molecule has 2 unspecified atom stereocenters. The standard InChI is InChI=1S/C13H16O.C10H8O/c1-9(2)11-8-7-10-5-3-4-6-12(10)13(11)14;1-2-4-8-7(3-1)9-5-6-10(8)11-9/h3-9,11,13-14H,1-2H3;1-6,9-10H/t11-,13-;/m0./s1. The second-order valence-electron chi connectivity index (χ2n) is 7.25. The maximum absolute atomic E-state index is 10.1. The molecule has 4 atom stereocenters. The van der Waals surface area contributed by atoms with Crippen molar-refractivity contribution in [2.75, 3.05) is 0 Å². The van der Waals surface area contributed by atoms with Gasteiger partial charge in [0.15, 0.2) is 0 Å². The van der Waals surface area contributed by atoms with Gasteiger partial charge in [0, 0.05) is 5.92 Å². The molecule has 1 aliphatic carbocycles. The third kappa shape index (κ3) is 2.97. The lowest BCUT2D eigenvalue weighted by Crippen LogP contribution is -2.19. The van der Waals surface area contributed by atoms with Crippen LogP contribution in [0.25, 0.3) is 6.08 Å². The van der Waals surface area contributed by atoms with Crippen molar-refractivity contribution in [1.82, 2.24) is 0 Å². The van der Waals surface area contributed by atoms with E-state index >= 15 is 0 Å². The summed E-state index contributed by atoms with van der Waals surface area (Å²) in [4.78, 5) is 0. The normalized spacial score (nSPS) is 27.7. The number of aliphatic hydroxyl groups is 1. The number of rotatable bonds is 1. The van der Waals surface area contributed by atoms with Crippen molar-refractivity contribution in [3.8, 4) is 0 Å². The average molecular weight is 332 g/mol. The van der Waals surface area contributed by atoms with Crippen LogP contribution in [0.3, 0.4) is 0 Å². The van der Waals surface area contributed by atoms with Crippen LogP contribution >= 0.6 is 0 Å². The van der Waals surface area contributed by atoms with Crippen LogP contribution in [0.4, 0.5) is 0 Å². The van der Waals surface area contributed by atoms with Gasteiger partial charge in [0.1, 0.15) is 12.2 Å². The molecule has 2 aromatic rings. The first kappa shape index (κ1) is 16.3. The number of hydrogen-bond donors (Lipinski definition) is 1. The van der Waals surface area contributed by atoms with Gasteiger partial charge in [0.05, 0.1) is 6.10 Å². The van der Waals surface area contributed by atoms with E-state index in [2.05, 4.69) is 62.4 Å². The summed E-state index contributed by atoms with van der Waals surface area (Å²) in [5.41, 5.74) is 4.91. The zero-order valence-electron chi connectivity index (χ0n) is 14.7. The summed E-state index contributed by atoms with van der Waals surface area (Å²) in [7, 11) is 0. The van der Waals surface area contributed by atoms with Crippen molar-refractivity contribution in [3.63, 3.8) is 0 Å². The molecule has 25 heavy (non-hydrogen) atoms. The molecule has 0 saturated carbocycles. The average Bonchev–Trinajstić information content (AvgIpc) is 3.25. The van der Waals surface area contributed by atoms with Gasteiger partial charge in [0.2, 0.25) is 0 Å². The Morgan fingerprint density at radius 1 is 0.800 bits per heavy atom. The highest BCUT2D eigenvalue weighted by atomic mass is 16.5. The molecule has 0 fully saturated rings. The molecule has 0 radical (unpaired) electrons. The molecule has 5 rings (SSSR count). The van der Waals surface area contributed by atoms with E-state index in [-0.39, 0.29) is 24.2 Å². The molecule has 2 bridgehead atoms. The Morgan fingerprint density at radius 3 is 1.96 bits per heavy atom. The fourth-order valence-electron chi connectivity index (χ4n) is 3.88. The number of ether oxygens (including phenoxy) is 1. The van der Waals surface area contributed by atoms with Crippen LogP contribution in [0.1, 0.15) is 54.4 Å². The fraction of sp³-hybridized carbons (Fsp3) is 0.304. The Balaban J connectivity index is 0.000000128. The summed E-state index contributed by atoms with van der Waals surface area (Å²) in [6.07, 6.45) is 8.66. The maximum atomic E-state index is 10.1. The van der Waals surface area contributed by atoms with Gasteiger partial charge in [-0.15, -0.1) is 0 Å². The Bertz CT molecular complexity index is 787. The monoisotopic (exact) mass is 332 g/mol. The molecule has 0 aromatic heterocycles. The van der Waals surface area contributed by atoms with E-state index < -0.39 is 0 Å². The van der Waals surface area contributed by atoms with E-state index in [4.69, 9.17) is 4.74 Å². The molecule has 0 saturated heterocycles. The summed E-state index contributed by atoms with van der Waals surface area (Å²) in [6, 6.07) is 16.5. The lowest BCUT2D eigenvalue weighted by atomic mass is 9.81. The first-order valence-corrected chi connectivity index (χ1v) is 9.03. The van der Waals surface area contributed by atoms with E-state index in [1.807, 2.05) is 24.3 Å². The number of aliphatic hydroxyl groups excluding tert-OH is 1. The van der Waals surface area contributed by atoms with E-state index in [1.54, 1.807) is 0 Å². The predicted molar refractivity (Wildman–Crippen MR) is 101 cm³/mol. The Kier molecular flexibility index (Phi) is 4.32. The summed E-state index contributed by atoms with van der Waals surface area (Å²) < 4.78 is 5.63. The second-order valence-corrected chi connectivity index (χ2v) is 7.25. The lowest BCUT2D eigenvalue weighted by molar-refractivity contribution is 0.0878. The van der Waals surface area contributed by atoms with Gasteiger partial charge < -0.3 is 9.84 Å². The molecule has 0 amide bonds. The zero-order valence-corrected chi connectivity index (χ0v) is 14.7. The van der Waals surface area contributed by atoms with Gasteiger partial charge in [0.25, 0.3) is 0 Å². The molecule has 1 N–H and O–H groups in total. The third-order valence-corrected chi connectivity index (χ3v) is 5.31. The first-order valence-electron chi connectivity index (χ1n) is 9.03. The number of fused-ring (bicyclic) bond motifs is 6. The Labute approximate surface area is 149 Å². The SMILES string of the molecule is C1=CC2OC1c1ccccc12.CC(C)[C@@H]1C=Cc2ccccc2[C@H]1O. The number of benzene rings is 2. The Hall–Kier alpha value is -2.16. The summed E-state index contributed by atoms with van der Waals surface area (Å²) >= 11 is 0. The number of hydrogen-bond acceptors (Lipinski definition) is 2. The highest BCUT2D eigenvalue weighted by Gasteiger charge is 2.32. The van der Waals surface area contributed by atoms with Crippen molar-refractivity contribution in [2.45, 2.75) is 32.2 Å². The third-order valence-electron chi connectivity index (χ3n) is 5.31. The molecular formula is C23H24O2. The summed E-state index contributed by atoms with van der Waals surface area (Å²) in [6.45, 7) is 4.29. The molecule has 0 spiro atoms. The molecular weight excluding hydrogens is 308 g/mol. The molecule has 2 aliphatic heterocycles. The van der Waals surface area contributed by atoms with Gasteiger partial charge >= 0.3 is 0 Å². The Morgan fingerprint density at radius 2 is 1.36 bits per heavy atom. The van der Waals surface area contributed by atoms with E-state index in [0.29, 0.717) is 5.92 Å². The minimum atomic E-state index is -0.337. The molecule has 2 aromatic carbocycles. The summed E-state index contributed by atoms with van der Waals surface area (Å²) in [5, 5.41) is 10.1. The molecule has 3 aliphatic rings. The molecule has 2 nitrogen and oxygen atoms in total. The highest BCUT2D eigenvalue weighted by molar-refractivity contribution is 5.57. The second kappa shape index (κ2) is 6.62. The molecule has 2 heterocycles. The van der Waals surface area contributed by atoms with Crippen molar-refractivity contribution in [2.24, 2.45) is 11.8 Å². The van der Waals surface area contributed by atoms with Gasteiger partial charge in [-0.05, 0) is 28.2 Å². The summed E-state index contributed by atoms with van der Waals surface area (Å²) in [5.74, 6) is 0.736. The van der Waals surface area contributed by atoms with Crippen molar-refractivity contribution in [1.29, 1.82) is 0 Å². The van der Waals surface area contributed by atoms with Crippen LogP contribution in [0.2, 0.25) is 0 Å². The predicted octanol–water partition coefficient (Wildman–Crippen LogP) is 5.39. The van der Waals surface area contributed by atoms with Crippen LogP contribution in [0.5, 0.6) is 0 Å². The largest absolute Gasteiger partial charge is 0.388 e.